The Bertz CT molecular complexity index is 1070. The molecule has 0 saturated carbocycles. The molecular formula is C22H28N2O5S2. The van der Waals surface area contributed by atoms with Crippen molar-refractivity contribution in [3.05, 3.63) is 46.3 Å². The second kappa shape index (κ2) is 9.50. The Labute approximate surface area is 187 Å². The topological polar surface area (TPSA) is 92.8 Å². The highest BCUT2D eigenvalue weighted by atomic mass is 32.2. The van der Waals surface area contributed by atoms with Gasteiger partial charge in [0.1, 0.15) is 4.88 Å². The molecule has 0 radical (unpaired) electrons. The van der Waals surface area contributed by atoms with Crippen LogP contribution < -0.4 is 5.32 Å². The first kappa shape index (κ1) is 23.4. The maximum Gasteiger partial charge on any atom is 0.348 e. The number of carbonyl (C=O) groups excluding carboxylic acids is 2. The van der Waals surface area contributed by atoms with Gasteiger partial charge in [0.05, 0.1) is 16.5 Å². The number of thiophene rings is 1. The Morgan fingerprint density at radius 2 is 1.87 bits per heavy atom. The van der Waals surface area contributed by atoms with Gasteiger partial charge in [-0.25, -0.2) is 13.2 Å². The number of esters is 1. The summed E-state index contributed by atoms with van der Waals surface area (Å²) in [5.41, 5.74) is 0.950. The fourth-order valence-electron chi connectivity index (χ4n) is 3.88. The molecule has 0 unspecified atom stereocenters. The minimum Gasteiger partial charge on any atom is -0.462 e. The van der Waals surface area contributed by atoms with E-state index in [1.165, 1.54) is 16.4 Å². The molecule has 9 heteroatoms. The van der Waals surface area contributed by atoms with Crippen LogP contribution in [0.3, 0.4) is 0 Å². The van der Waals surface area contributed by atoms with Crippen LogP contribution in [0.5, 0.6) is 0 Å². The lowest BCUT2D eigenvalue weighted by Gasteiger charge is -2.34. The SMILES string of the molecule is CCOC(=O)c1sc(NC(=O)c2cccc(S(=O)(=O)N3C[C@@H](C)C[C@H](C)C3)c2)cc1C. The first-order valence-corrected chi connectivity index (χ1v) is 12.6. The van der Waals surface area contributed by atoms with Crippen molar-refractivity contribution in [3.8, 4) is 0 Å². The van der Waals surface area contributed by atoms with E-state index in [0.29, 0.717) is 40.4 Å². The number of hydrogen-bond donors (Lipinski definition) is 1. The van der Waals surface area contributed by atoms with E-state index in [9.17, 15) is 18.0 Å². The zero-order valence-corrected chi connectivity index (χ0v) is 19.8. The van der Waals surface area contributed by atoms with Gasteiger partial charge in [-0.05, 0) is 61.9 Å². The first-order chi connectivity index (χ1) is 14.6. The Hall–Kier alpha value is -2.23. The van der Waals surface area contributed by atoms with Gasteiger partial charge >= 0.3 is 5.97 Å². The number of ether oxygens (including phenoxy) is 1. The average Bonchev–Trinajstić information content (AvgIpc) is 3.07. The Balaban J connectivity index is 1.79. The van der Waals surface area contributed by atoms with E-state index in [0.717, 1.165) is 17.8 Å². The summed E-state index contributed by atoms with van der Waals surface area (Å²) in [6, 6.07) is 7.77. The summed E-state index contributed by atoms with van der Waals surface area (Å²) < 4.78 is 32.8. The molecule has 2 aromatic rings. The van der Waals surface area contributed by atoms with Gasteiger partial charge < -0.3 is 10.1 Å². The summed E-state index contributed by atoms with van der Waals surface area (Å²) in [6.07, 6.45) is 1.00. The van der Waals surface area contributed by atoms with E-state index in [-0.39, 0.29) is 17.1 Å². The predicted molar refractivity (Wildman–Crippen MR) is 121 cm³/mol. The number of nitrogens with zero attached hydrogens (tertiary/aromatic N) is 1. The van der Waals surface area contributed by atoms with E-state index in [1.807, 2.05) is 0 Å². The molecule has 0 bridgehead atoms. The molecule has 168 valence electrons. The summed E-state index contributed by atoms with van der Waals surface area (Å²) in [5, 5.41) is 3.25. The highest BCUT2D eigenvalue weighted by Crippen LogP contribution is 2.29. The molecule has 1 aliphatic heterocycles. The fourth-order valence-corrected chi connectivity index (χ4v) is 6.56. The third kappa shape index (κ3) is 5.34. The molecule has 2 atom stereocenters. The van der Waals surface area contributed by atoms with Crippen molar-refractivity contribution in [2.75, 3.05) is 25.0 Å². The zero-order chi connectivity index (χ0) is 22.8. The quantitative estimate of drug-likeness (QED) is 0.648. The molecule has 1 aromatic carbocycles. The van der Waals surface area contributed by atoms with Crippen molar-refractivity contribution in [1.82, 2.24) is 4.31 Å². The molecule has 1 amide bonds. The second-order valence-corrected chi connectivity index (χ2v) is 11.1. The van der Waals surface area contributed by atoms with Crippen molar-refractivity contribution in [2.24, 2.45) is 11.8 Å². The Morgan fingerprint density at radius 1 is 1.19 bits per heavy atom. The van der Waals surface area contributed by atoms with Gasteiger partial charge in [-0.3, -0.25) is 4.79 Å². The summed E-state index contributed by atoms with van der Waals surface area (Å²) in [7, 11) is -3.68. The van der Waals surface area contributed by atoms with Gasteiger partial charge in [0, 0.05) is 18.7 Å². The standard InChI is InChI=1S/C22H28N2O5S2/c1-5-29-22(26)20-16(4)10-19(30-20)23-21(25)17-7-6-8-18(11-17)31(27,28)24-12-14(2)9-15(3)13-24/h6-8,10-11,14-15H,5,9,12-13H2,1-4H3,(H,23,25)/t14-,15-/m0/s1. The smallest absolute Gasteiger partial charge is 0.348 e. The molecule has 1 saturated heterocycles. The van der Waals surface area contributed by atoms with Gasteiger partial charge in [-0.2, -0.15) is 4.31 Å². The number of nitrogens with one attached hydrogen (secondary N) is 1. The van der Waals surface area contributed by atoms with Gasteiger partial charge in [0.15, 0.2) is 0 Å². The number of piperidine rings is 1. The maximum atomic E-state index is 13.1. The van der Waals surface area contributed by atoms with Crippen molar-refractivity contribution in [3.63, 3.8) is 0 Å². The van der Waals surface area contributed by atoms with E-state index < -0.39 is 21.9 Å². The number of aryl methyl sites for hydroxylation is 1. The number of hydrogen-bond acceptors (Lipinski definition) is 6. The van der Waals surface area contributed by atoms with Crippen molar-refractivity contribution >= 4 is 38.2 Å². The molecule has 3 rings (SSSR count). The van der Waals surface area contributed by atoms with E-state index in [4.69, 9.17) is 4.74 Å². The molecule has 1 fully saturated rings. The lowest BCUT2D eigenvalue weighted by Crippen LogP contribution is -2.42. The van der Waals surface area contributed by atoms with Crippen LogP contribution in [-0.4, -0.2) is 44.3 Å². The largest absolute Gasteiger partial charge is 0.462 e. The predicted octanol–water partition coefficient (Wildman–Crippen LogP) is 4.15. The highest BCUT2D eigenvalue weighted by molar-refractivity contribution is 7.89. The summed E-state index contributed by atoms with van der Waals surface area (Å²) in [5.74, 6) is -0.279. The molecule has 31 heavy (non-hydrogen) atoms. The van der Waals surface area contributed by atoms with Crippen LogP contribution in [0.1, 0.15) is 52.8 Å². The van der Waals surface area contributed by atoms with Crippen LogP contribution in [0.25, 0.3) is 0 Å². The van der Waals surface area contributed by atoms with Crippen LogP contribution in [0.15, 0.2) is 35.2 Å². The highest BCUT2D eigenvalue weighted by Gasteiger charge is 2.32. The van der Waals surface area contributed by atoms with Crippen LogP contribution in [0, 0.1) is 18.8 Å². The minimum atomic E-state index is -3.68. The van der Waals surface area contributed by atoms with Crippen LogP contribution in [0.2, 0.25) is 0 Å². The first-order valence-electron chi connectivity index (χ1n) is 10.3. The molecule has 2 heterocycles. The number of anilines is 1. The van der Waals surface area contributed by atoms with Crippen LogP contribution in [-0.2, 0) is 14.8 Å². The third-order valence-electron chi connectivity index (χ3n) is 5.18. The number of amides is 1. The molecule has 0 aliphatic carbocycles. The van der Waals surface area contributed by atoms with Crippen molar-refractivity contribution in [1.29, 1.82) is 0 Å². The monoisotopic (exact) mass is 464 g/mol. The normalized spacial score (nSPS) is 19.7. The van der Waals surface area contributed by atoms with E-state index in [2.05, 4.69) is 19.2 Å². The molecule has 7 nitrogen and oxygen atoms in total. The Morgan fingerprint density at radius 3 is 2.52 bits per heavy atom. The molecule has 1 N–H and O–H groups in total. The number of benzene rings is 1. The maximum absolute atomic E-state index is 13.1. The molecule has 1 aromatic heterocycles. The fraction of sp³-hybridized carbons (Fsp3) is 0.455. The minimum absolute atomic E-state index is 0.107. The summed E-state index contributed by atoms with van der Waals surface area (Å²) in [6.45, 7) is 8.84. The third-order valence-corrected chi connectivity index (χ3v) is 8.14. The molecule has 0 spiro atoms. The molecule has 1 aliphatic rings. The average molecular weight is 465 g/mol. The summed E-state index contributed by atoms with van der Waals surface area (Å²) >= 11 is 1.13. The molecular weight excluding hydrogens is 436 g/mol. The van der Waals surface area contributed by atoms with Crippen molar-refractivity contribution < 1.29 is 22.7 Å². The zero-order valence-electron chi connectivity index (χ0n) is 18.2. The number of carbonyl (C=O) groups is 2. The van der Waals surface area contributed by atoms with Gasteiger partial charge in [0.2, 0.25) is 10.0 Å². The lowest BCUT2D eigenvalue weighted by molar-refractivity contribution is 0.0531. The van der Waals surface area contributed by atoms with Gasteiger partial charge in [0.25, 0.3) is 5.91 Å². The summed E-state index contributed by atoms with van der Waals surface area (Å²) in [4.78, 5) is 25.3. The van der Waals surface area contributed by atoms with E-state index >= 15 is 0 Å². The Kier molecular flexibility index (Phi) is 7.18. The second-order valence-electron chi connectivity index (χ2n) is 8.09. The van der Waals surface area contributed by atoms with Crippen LogP contribution >= 0.6 is 11.3 Å². The van der Waals surface area contributed by atoms with Crippen molar-refractivity contribution in [2.45, 2.75) is 39.0 Å². The van der Waals surface area contributed by atoms with E-state index in [1.54, 1.807) is 32.0 Å². The van der Waals surface area contributed by atoms with Gasteiger partial charge in [-0.1, -0.05) is 19.9 Å². The lowest BCUT2D eigenvalue weighted by atomic mass is 9.94. The van der Waals surface area contributed by atoms with Crippen LogP contribution in [0.4, 0.5) is 5.00 Å². The number of sulfonamides is 1. The number of rotatable bonds is 6. The van der Waals surface area contributed by atoms with Gasteiger partial charge in [-0.15, -0.1) is 11.3 Å².